The number of piperazine rings is 1. The van der Waals surface area contributed by atoms with Crippen LogP contribution in [0.3, 0.4) is 0 Å². The molecule has 2 amide bonds. The van der Waals surface area contributed by atoms with Crippen LogP contribution in [0, 0.1) is 6.92 Å². The lowest BCUT2D eigenvalue weighted by Crippen LogP contribution is -2.55. The Morgan fingerprint density at radius 2 is 1.89 bits per heavy atom. The lowest BCUT2D eigenvalue weighted by molar-refractivity contribution is 0.184. The van der Waals surface area contributed by atoms with E-state index in [0.717, 1.165) is 30.2 Å². The van der Waals surface area contributed by atoms with E-state index in [1.807, 2.05) is 30.2 Å². The number of nitrogens with zero attached hydrogens (tertiary/aromatic N) is 4. The van der Waals surface area contributed by atoms with Gasteiger partial charge < -0.3 is 15.1 Å². The molecular weight excluding hydrogens is 354 g/mol. The third kappa shape index (κ3) is 4.47. The number of urea groups is 1. The van der Waals surface area contributed by atoms with Gasteiger partial charge in [0, 0.05) is 43.1 Å². The lowest BCUT2D eigenvalue weighted by Gasteiger charge is -2.40. The van der Waals surface area contributed by atoms with Crippen molar-refractivity contribution >= 4 is 30.8 Å². The monoisotopic (exact) mass is 383 g/mol. The molecule has 0 aliphatic carbocycles. The van der Waals surface area contributed by atoms with Gasteiger partial charge in [-0.25, -0.2) is 14.8 Å². The normalized spacial score (nSPS) is 17.7. The van der Waals surface area contributed by atoms with Crippen molar-refractivity contribution in [2.45, 2.75) is 39.5 Å². The highest BCUT2D eigenvalue weighted by Gasteiger charge is 2.28. The van der Waals surface area contributed by atoms with E-state index >= 15 is 0 Å². The number of rotatable bonds is 3. The van der Waals surface area contributed by atoms with Crippen LogP contribution in [0.2, 0.25) is 19.6 Å². The Kier molecular flexibility index (Phi) is 5.50. The maximum Gasteiger partial charge on any atom is 0.322 e. The van der Waals surface area contributed by atoms with Crippen LogP contribution in [0.4, 0.5) is 16.3 Å². The molecular formula is C20H29N5OSi. The van der Waals surface area contributed by atoms with E-state index in [1.165, 1.54) is 5.19 Å². The highest BCUT2D eigenvalue weighted by atomic mass is 28.3. The Balaban J connectivity index is 1.62. The van der Waals surface area contributed by atoms with Gasteiger partial charge in [-0.1, -0.05) is 37.0 Å². The number of aromatic nitrogens is 2. The molecule has 1 aromatic heterocycles. The van der Waals surface area contributed by atoms with Gasteiger partial charge in [0.05, 0.1) is 8.07 Å². The van der Waals surface area contributed by atoms with Gasteiger partial charge in [-0.3, -0.25) is 0 Å². The van der Waals surface area contributed by atoms with Gasteiger partial charge in [0.1, 0.15) is 12.1 Å². The van der Waals surface area contributed by atoms with Gasteiger partial charge in [0.2, 0.25) is 0 Å². The first-order valence-corrected chi connectivity index (χ1v) is 13.0. The van der Waals surface area contributed by atoms with Gasteiger partial charge >= 0.3 is 6.03 Å². The van der Waals surface area contributed by atoms with Gasteiger partial charge in [0.25, 0.3) is 0 Å². The molecule has 0 saturated carbocycles. The first-order chi connectivity index (χ1) is 12.8. The highest BCUT2D eigenvalue weighted by Crippen LogP contribution is 2.20. The Morgan fingerprint density at radius 3 is 2.48 bits per heavy atom. The minimum Gasteiger partial charge on any atom is -0.352 e. The predicted octanol–water partition coefficient (Wildman–Crippen LogP) is 3.07. The van der Waals surface area contributed by atoms with Crippen LogP contribution in [0.5, 0.6) is 0 Å². The van der Waals surface area contributed by atoms with E-state index in [0.29, 0.717) is 6.54 Å². The van der Waals surface area contributed by atoms with E-state index in [4.69, 9.17) is 0 Å². The van der Waals surface area contributed by atoms with E-state index in [-0.39, 0.29) is 12.1 Å². The Bertz CT molecular complexity index is 803. The average molecular weight is 384 g/mol. The molecule has 3 rings (SSSR count). The van der Waals surface area contributed by atoms with Gasteiger partial charge in [-0.2, -0.15) is 0 Å². The molecule has 1 N–H and O–H groups in total. The number of aryl methyl sites for hydroxylation is 1. The molecule has 0 bridgehead atoms. The summed E-state index contributed by atoms with van der Waals surface area (Å²) in [6, 6.07) is 8.37. The van der Waals surface area contributed by atoms with Crippen LogP contribution in [-0.2, 0) is 0 Å². The number of anilines is 2. The fourth-order valence-corrected chi connectivity index (χ4v) is 4.59. The largest absolute Gasteiger partial charge is 0.352 e. The van der Waals surface area contributed by atoms with Gasteiger partial charge in [-0.05, 0) is 26.0 Å². The number of nitrogens with one attached hydrogen (secondary N) is 1. The summed E-state index contributed by atoms with van der Waals surface area (Å²) in [5.74, 6) is 0.957. The number of carbonyl (C=O) groups is 1. The smallest absolute Gasteiger partial charge is 0.322 e. The zero-order chi connectivity index (χ0) is 19.6. The maximum atomic E-state index is 12.7. The topological polar surface area (TPSA) is 61.4 Å². The molecule has 7 heteroatoms. The van der Waals surface area contributed by atoms with Crippen LogP contribution in [0.25, 0.3) is 0 Å². The standard InChI is InChI=1S/C20H29N5OSi/c1-15-12-21-14-22-19(15)24-10-11-25(16(2)13-24)20(26)23-17-6-8-18(9-7-17)27(3,4)5/h6-9,12,14,16H,10-11,13H2,1-5H3,(H,23,26)/t16-/m1/s1. The Morgan fingerprint density at radius 1 is 1.19 bits per heavy atom. The van der Waals surface area contributed by atoms with Gasteiger partial charge in [-0.15, -0.1) is 0 Å². The Labute approximate surface area is 162 Å². The fourth-order valence-electron chi connectivity index (χ4n) is 3.42. The summed E-state index contributed by atoms with van der Waals surface area (Å²) in [5, 5.41) is 4.44. The molecule has 0 spiro atoms. The third-order valence-electron chi connectivity index (χ3n) is 5.06. The van der Waals surface area contributed by atoms with Crippen LogP contribution < -0.4 is 15.4 Å². The summed E-state index contributed by atoms with van der Waals surface area (Å²) in [7, 11) is -1.32. The van der Waals surface area contributed by atoms with Crippen molar-refractivity contribution in [2.24, 2.45) is 0 Å². The molecule has 27 heavy (non-hydrogen) atoms. The molecule has 2 aromatic rings. The second kappa shape index (κ2) is 7.68. The summed E-state index contributed by atoms with van der Waals surface area (Å²) in [4.78, 5) is 25.3. The first-order valence-electron chi connectivity index (χ1n) is 9.45. The van der Waals surface area contributed by atoms with Crippen LogP contribution in [0.1, 0.15) is 12.5 Å². The molecule has 144 valence electrons. The van der Waals surface area contributed by atoms with E-state index < -0.39 is 8.07 Å². The molecule has 2 heterocycles. The number of hydrogen-bond donors (Lipinski definition) is 1. The Hall–Kier alpha value is -2.41. The number of hydrogen-bond acceptors (Lipinski definition) is 4. The quantitative estimate of drug-likeness (QED) is 0.828. The van der Waals surface area contributed by atoms with Crippen molar-refractivity contribution in [2.75, 3.05) is 29.9 Å². The summed E-state index contributed by atoms with van der Waals surface area (Å²) < 4.78 is 0. The highest BCUT2D eigenvalue weighted by molar-refractivity contribution is 6.88. The summed E-state index contributed by atoms with van der Waals surface area (Å²) in [6.45, 7) is 13.3. The van der Waals surface area contributed by atoms with E-state index in [2.05, 4.69) is 58.9 Å². The van der Waals surface area contributed by atoms with Crippen LogP contribution >= 0.6 is 0 Å². The van der Waals surface area contributed by atoms with Crippen molar-refractivity contribution in [3.63, 3.8) is 0 Å². The summed E-state index contributed by atoms with van der Waals surface area (Å²) in [5.41, 5.74) is 1.91. The zero-order valence-corrected chi connectivity index (χ0v) is 17.9. The molecule has 6 nitrogen and oxygen atoms in total. The zero-order valence-electron chi connectivity index (χ0n) is 16.9. The fraction of sp³-hybridized carbons (Fsp3) is 0.450. The number of carbonyl (C=O) groups excluding carboxylic acids is 1. The molecule has 1 aromatic carbocycles. The molecule has 1 aliphatic rings. The van der Waals surface area contributed by atoms with E-state index in [9.17, 15) is 4.79 Å². The van der Waals surface area contributed by atoms with Gasteiger partial charge in [0.15, 0.2) is 0 Å². The molecule has 0 radical (unpaired) electrons. The maximum absolute atomic E-state index is 12.7. The third-order valence-corrected chi connectivity index (χ3v) is 7.12. The summed E-state index contributed by atoms with van der Waals surface area (Å²) >= 11 is 0. The first kappa shape index (κ1) is 19.4. The van der Waals surface area contributed by atoms with Crippen molar-refractivity contribution in [1.82, 2.24) is 14.9 Å². The van der Waals surface area contributed by atoms with Crippen molar-refractivity contribution < 1.29 is 4.79 Å². The molecule has 1 fully saturated rings. The van der Waals surface area contributed by atoms with Crippen molar-refractivity contribution in [1.29, 1.82) is 0 Å². The second-order valence-corrected chi connectivity index (χ2v) is 13.4. The molecule has 1 atom stereocenters. The molecule has 1 saturated heterocycles. The van der Waals surface area contributed by atoms with Crippen molar-refractivity contribution in [3.05, 3.63) is 42.4 Å². The molecule has 1 aliphatic heterocycles. The summed E-state index contributed by atoms with van der Waals surface area (Å²) in [6.07, 6.45) is 3.41. The van der Waals surface area contributed by atoms with Crippen molar-refractivity contribution in [3.8, 4) is 0 Å². The number of amides is 2. The van der Waals surface area contributed by atoms with Crippen LogP contribution in [-0.4, -0.2) is 54.6 Å². The SMILES string of the molecule is Cc1cncnc1N1CCN(C(=O)Nc2ccc([Si](C)(C)C)cc2)[C@H](C)C1. The lowest BCUT2D eigenvalue weighted by atomic mass is 10.2. The average Bonchev–Trinajstić information content (AvgIpc) is 2.61. The predicted molar refractivity (Wildman–Crippen MR) is 114 cm³/mol. The molecule has 0 unspecified atom stereocenters. The second-order valence-electron chi connectivity index (χ2n) is 8.28. The van der Waals surface area contributed by atoms with Crippen LogP contribution in [0.15, 0.2) is 36.8 Å². The minimum atomic E-state index is -1.32. The van der Waals surface area contributed by atoms with E-state index in [1.54, 1.807) is 6.33 Å². The number of benzene rings is 1. The minimum absolute atomic E-state index is 0.0395.